The predicted octanol–water partition coefficient (Wildman–Crippen LogP) is 24.5. The zero-order valence-corrected chi connectivity index (χ0v) is 79.9. The van der Waals surface area contributed by atoms with Crippen molar-refractivity contribution < 1.29 is 43.5 Å². The van der Waals surface area contributed by atoms with Gasteiger partial charge in [-0.25, -0.2) is 4.79 Å². The Kier molecular flexibility index (Phi) is 37.3. The van der Waals surface area contributed by atoms with E-state index < -0.39 is 30.1 Å². The van der Waals surface area contributed by atoms with Gasteiger partial charge in [0.25, 0.3) is 23.6 Å². The van der Waals surface area contributed by atoms with Gasteiger partial charge in [0, 0.05) is 60.3 Å². The van der Waals surface area contributed by atoms with Crippen LogP contribution in [0.15, 0.2) is 253 Å². The number of amides is 7. The van der Waals surface area contributed by atoms with Crippen molar-refractivity contribution in [3.05, 3.63) is 295 Å². The number of halogens is 5. The van der Waals surface area contributed by atoms with E-state index in [1.807, 2.05) is 244 Å². The second-order valence-electron chi connectivity index (χ2n) is 31.9. The van der Waals surface area contributed by atoms with E-state index >= 15 is 0 Å². The molecule has 0 aliphatic heterocycles. The highest BCUT2D eigenvalue weighted by molar-refractivity contribution is 14.1. The molecule has 0 radical (unpaired) electrons. The Bertz CT molecular complexity index is 5140. The number of para-hydroxylation sites is 3. The second kappa shape index (κ2) is 48.2. The molecule has 4 atom stereocenters. The minimum atomic E-state index is -0.931. The van der Waals surface area contributed by atoms with Crippen LogP contribution < -0.4 is 35.6 Å². The number of hydrogen-bond donors (Lipinski definition) is 4. The molecule has 4 saturated carbocycles. The molecular formula is C101H110BrI4N7O9. The number of fused-ring (bicyclic) bond motifs is 1. The summed E-state index contributed by atoms with van der Waals surface area (Å²) in [7, 11) is 0. The van der Waals surface area contributed by atoms with Gasteiger partial charge in [0.2, 0.25) is 17.7 Å². The van der Waals surface area contributed by atoms with Gasteiger partial charge in [-0.3, -0.25) is 53.2 Å². The Hall–Kier alpha value is -8.38. The van der Waals surface area contributed by atoms with Gasteiger partial charge in [-0.1, -0.05) is 246 Å². The van der Waals surface area contributed by atoms with Crippen molar-refractivity contribution in [1.29, 1.82) is 0 Å². The van der Waals surface area contributed by atoms with Crippen molar-refractivity contribution in [2.24, 2.45) is 23.7 Å². The van der Waals surface area contributed by atoms with E-state index in [9.17, 15) is 43.5 Å². The summed E-state index contributed by atoms with van der Waals surface area (Å²) in [4.78, 5) is 115. The van der Waals surface area contributed by atoms with E-state index in [0.29, 0.717) is 41.0 Å². The number of nitrogens with zero attached hydrogens (tertiary/aromatic N) is 4. The third-order valence-electron chi connectivity index (χ3n) is 23.6. The highest BCUT2D eigenvalue weighted by Crippen LogP contribution is 2.40. The van der Waals surface area contributed by atoms with Crippen LogP contribution in [0.25, 0.3) is 10.8 Å². The molecule has 0 spiro atoms. The molecule has 16 nitrogen and oxygen atoms in total. The lowest BCUT2D eigenvalue weighted by Gasteiger charge is -2.38. The lowest BCUT2D eigenvalue weighted by atomic mass is 9.82. The van der Waals surface area contributed by atoms with E-state index in [0.717, 1.165) is 193 Å². The molecule has 4 N–H and O–H groups in total. The fourth-order valence-corrected chi connectivity index (χ4v) is 20.1. The molecule has 0 heterocycles. The zero-order chi connectivity index (χ0) is 86.4. The van der Waals surface area contributed by atoms with Crippen molar-refractivity contribution in [2.75, 3.05) is 38.0 Å². The molecule has 0 bridgehead atoms. The van der Waals surface area contributed by atoms with Crippen LogP contribution in [0.4, 0.5) is 28.4 Å². The van der Waals surface area contributed by atoms with Gasteiger partial charge in [-0.05, 0) is 311 Å². The lowest BCUT2D eigenvalue weighted by molar-refractivity contribution is -0.140. The highest BCUT2D eigenvalue weighted by Gasteiger charge is 2.44. The minimum absolute atomic E-state index is 0.0215. The molecule has 7 amide bonds. The average molecular weight is 2150 g/mol. The zero-order valence-electron chi connectivity index (χ0n) is 69.7. The number of hydrogen-bond acceptors (Lipinski definition) is 8. The number of unbranched alkanes of at least 4 members (excludes halogenated alkanes) is 2. The van der Waals surface area contributed by atoms with Gasteiger partial charge in [0.05, 0.1) is 22.3 Å². The number of aliphatic carboxylic acids is 1. The molecule has 10 aromatic rings. The number of nitrogens with one attached hydrogen (secondary N) is 3. The number of aryl methyl sites for hydroxylation is 1. The van der Waals surface area contributed by atoms with E-state index in [1.54, 1.807) is 20.8 Å². The maximum Gasteiger partial charge on any atom is 0.327 e. The summed E-state index contributed by atoms with van der Waals surface area (Å²) in [5.74, 6) is -1.36. The Balaban J connectivity index is 0.000000160. The van der Waals surface area contributed by atoms with Crippen LogP contribution in [0.2, 0.25) is 0 Å². The Morgan fingerprint density at radius 2 is 0.656 bits per heavy atom. The number of carbonyl (C=O) groups is 8. The third kappa shape index (κ3) is 25.2. The van der Waals surface area contributed by atoms with Crippen molar-refractivity contribution in [1.82, 2.24) is 10.6 Å². The molecule has 14 rings (SSSR count). The Morgan fingerprint density at radius 3 is 1.00 bits per heavy atom. The van der Waals surface area contributed by atoms with Crippen molar-refractivity contribution >= 4 is 193 Å². The monoisotopic (exact) mass is 2150 g/mol. The van der Waals surface area contributed by atoms with Gasteiger partial charge < -0.3 is 21.1 Å². The highest BCUT2D eigenvalue weighted by atomic mass is 127. The number of rotatable bonds is 27. The number of carboxylic acids is 1. The molecule has 638 valence electrons. The van der Waals surface area contributed by atoms with Crippen molar-refractivity contribution in [3.8, 4) is 0 Å². The van der Waals surface area contributed by atoms with E-state index in [-0.39, 0.29) is 65.0 Å². The van der Waals surface area contributed by atoms with Gasteiger partial charge in [-0.15, -0.1) is 0 Å². The summed E-state index contributed by atoms with van der Waals surface area (Å²) in [5.41, 5.74) is 7.17. The maximum absolute atomic E-state index is 14.1. The summed E-state index contributed by atoms with van der Waals surface area (Å²) in [6.45, 7) is 7.53. The SMILES string of the molecule is CCCCNC(=O)C(C1CCCC1)N(C(=O)c1ccccc1I)c1ccc(C)c(Br)c1.CCCCNC(=O)C(C1CCCC1)N(C(=O)c1ccccc1I)c1ccccc1.O=C(Nc1ccc2ccccc2c1)C(C1CCCCC1)N(C(=O)c1ccccc1I)c1ccccc1.O=C(O)C(C1CCCCC1)N(C(=O)c1ccccc1I)c1ccccc1. The summed E-state index contributed by atoms with van der Waals surface area (Å²) in [6, 6.07) is 76.0. The normalized spacial score (nSPS) is 15.2. The van der Waals surface area contributed by atoms with Crippen molar-refractivity contribution in [2.45, 2.75) is 186 Å². The first kappa shape index (κ1) is 94.3. The van der Waals surface area contributed by atoms with Gasteiger partial charge in [0.1, 0.15) is 24.2 Å². The summed E-state index contributed by atoms with van der Waals surface area (Å²) >= 11 is 12.3. The fourth-order valence-electron chi connectivity index (χ4n) is 17.2. The Morgan fingerprint density at radius 1 is 0.352 bits per heavy atom. The standard InChI is InChI=1S/C31H29IN2O2.C25H30BrIN2O2.C24H29IN2O2.C21H22INO3/c32-28-18-10-9-17-27(28)31(36)34(26-15-5-2-6-16-26)29(23-12-3-1-4-13-23)30(35)33-25-20-19-22-11-7-8-14-24(22)21-25;1-3-4-15-28-24(30)23(18-9-5-6-10-18)29(19-14-13-17(2)21(26)16-19)25(31)20-11-7-8-12-22(20)27;1-2-3-17-26-23(28)22(18-11-7-8-12-18)27(19-13-5-4-6-14-19)24(29)20-15-9-10-16-21(20)25;22-18-14-8-7-13-17(18)20(24)23(16-11-5-2-6-12-16)19(21(25)26)15-9-3-1-4-10-15/h2,5-11,14-21,23,29H,1,3-4,12-13H2,(H,33,35);7-8,11-14,16,18,23H,3-6,9-10,15H2,1-2H3,(H,28,30);4-6,9-10,13-16,18,22H,2-3,7-8,11-12,17H2,1H3,(H,26,28);2,5-8,11-15,19H,1,3-4,9-10H2,(H,25,26). The van der Waals surface area contributed by atoms with Crippen LogP contribution >= 0.6 is 106 Å². The largest absolute Gasteiger partial charge is 0.480 e. The summed E-state index contributed by atoms with van der Waals surface area (Å²) in [6.07, 6.45) is 22.3. The first-order valence-electron chi connectivity index (χ1n) is 43.1. The van der Waals surface area contributed by atoms with E-state index in [1.165, 1.54) is 11.3 Å². The van der Waals surface area contributed by atoms with Crippen LogP contribution in [-0.4, -0.2) is 89.7 Å². The second-order valence-corrected chi connectivity index (χ2v) is 37.4. The van der Waals surface area contributed by atoms with Crippen molar-refractivity contribution in [3.63, 3.8) is 0 Å². The van der Waals surface area contributed by atoms with Gasteiger partial charge in [-0.2, -0.15) is 0 Å². The number of anilines is 5. The van der Waals surface area contributed by atoms with Gasteiger partial charge >= 0.3 is 5.97 Å². The van der Waals surface area contributed by atoms with Crippen LogP contribution in [0.1, 0.15) is 202 Å². The lowest BCUT2D eigenvalue weighted by Crippen LogP contribution is -2.53. The Labute approximate surface area is 782 Å². The smallest absolute Gasteiger partial charge is 0.327 e. The van der Waals surface area contributed by atoms with Crippen LogP contribution in [0.5, 0.6) is 0 Å². The van der Waals surface area contributed by atoms with E-state index in [2.05, 4.69) is 142 Å². The fraction of sp³-hybridized carbons (Fsp3) is 0.347. The minimum Gasteiger partial charge on any atom is -0.480 e. The first-order chi connectivity index (χ1) is 59.3. The molecule has 4 aliphatic rings. The average Bonchev–Trinajstić information content (AvgIpc) is 1.52. The third-order valence-corrected chi connectivity index (χ3v) is 28.2. The molecular weight excluding hydrogens is 2040 g/mol. The molecule has 21 heteroatoms. The molecule has 0 saturated heterocycles. The topological polar surface area (TPSA) is 206 Å². The molecule has 0 aromatic heterocycles. The summed E-state index contributed by atoms with van der Waals surface area (Å²) in [5, 5.41) is 21.6. The molecule has 10 aromatic carbocycles. The molecule has 4 unspecified atom stereocenters. The molecule has 122 heavy (non-hydrogen) atoms. The number of carbonyl (C=O) groups excluding carboxylic acids is 7. The predicted molar refractivity (Wildman–Crippen MR) is 530 cm³/mol. The quantitative estimate of drug-likeness (QED) is 0.0285. The first-order valence-corrected chi connectivity index (χ1v) is 48.2. The molecule has 4 aliphatic carbocycles. The van der Waals surface area contributed by atoms with Gasteiger partial charge in [0.15, 0.2) is 0 Å². The van der Waals surface area contributed by atoms with Crippen LogP contribution in [0.3, 0.4) is 0 Å². The van der Waals surface area contributed by atoms with E-state index in [4.69, 9.17) is 0 Å². The number of carboxylic acid groups (broad SMARTS) is 1. The maximum atomic E-state index is 14.1. The van der Waals surface area contributed by atoms with Crippen LogP contribution in [0, 0.1) is 44.9 Å². The molecule has 4 fully saturated rings. The van der Waals surface area contributed by atoms with Crippen LogP contribution in [-0.2, 0) is 19.2 Å². The summed E-state index contributed by atoms with van der Waals surface area (Å²) < 4.78 is 4.41. The number of benzene rings is 10.